The van der Waals surface area contributed by atoms with E-state index in [2.05, 4.69) is 16.0 Å². The summed E-state index contributed by atoms with van der Waals surface area (Å²) >= 11 is 0. The van der Waals surface area contributed by atoms with Gasteiger partial charge in [-0.3, -0.25) is 24.0 Å². The Hall–Kier alpha value is -3.43. The molecule has 0 spiro atoms. The summed E-state index contributed by atoms with van der Waals surface area (Å²) in [5.41, 5.74) is 6.90. The number of carbonyl (C=O) groups excluding carboxylic acids is 5. The molecular formula is C21H27N5O5. The molecule has 1 aromatic rings. The summed E-state index contributed by atoms with van der Waals surface area (Å²) in [6.07, 6.45) is 1.23. The molecule has 1 aromatic carbocycles. The number of anilines is 1. The lowest BCUT2D eigenvalue weighted by atomic mass is 10.1. The zero-order valence-electron chi connectivity index (χ0n) is 17.3. The number of hydrogen-bond acceptors (Lipinski definition) is 5. The zero-order valence-corrected chi connectivity index (χ0v) is 17.3. The third-order valence-electron chi connectivity index (χ3n) is 5.46. The highest BCUT2D eigenvalue weighted by Crippen LogP contribution is 2.21. The minimum atomic E-state index is -1.20. The summed E-state index contributed by atoms with van der Waals surface area (Å²) in [7, 11) is 0. The first-order valence-corrected chi connectivity index (χ1v) is 10.3. The summed E-state index contributed by atoms with van der Waals surface area (Å²) in [6.45, 7) is 2.24. The van der Waals surface area contributed by atoms with Crippen LogP contribution in [0.5, 0.6) is 0 Å². The highest BCUT2D eigenvalue weighted by atomic mass is 16.2. The van der Waals surface area contributed by atoms with E-state index in [0.717, 1.165) is 5.56 Å². The summed E-state index contributed by atoms with van der Waals surface area (Å²) in [5, 5.41) is 7.87. The van der Waals surface area contributed by atoms with Crippen LogP contribution in [0, 0.1) is 6.92 Å². The van der Waals surface area contributed by atoms with Crippen LogP contribution < -0.4 is 21.7 Å². The minimum absolute atomic E-state index is 0.222. The standard InChI is InChI=1S/C21H27N5O5/c1-12-4-2-5-13(10-12)23-20(30)16-6-3-9-26(16)21(31)15(11-17(22)27)25-19(29)14-7-8-18(28)24-14/h2,4-5,10,14-16H,3,6-9,11H2,1H3,(H2,22,27)(H,23,30)(H,24,28)(H,25,29). The Morgan fingerprint density at radius 1 is 1.23 bits per heavy atom. The fourth-order valence-electron chi connectivity index (χ4n) is 3.94. The van der Waals surface area contributed by atoms with E-state index < -0.39 is 42.3 Å². The molecule has 0 saturated carbocycles. The smallest absolute Gasteiger partial charge is 0.247 e. The number of nitrogens with one attached hydrogen (secondary N) is 3. The van der Waals surface area contributed by atoms with Crippen LogP contribution in [-0.2, 0) is 24.0 Å². The molecule has 0 aliphatic carbocycles. The second kappa shape index (κ2) is 9.59. The van der Waals surface area contributed by atoms with Gasteiger partial charge in [0.1, 0.15) is 18.1 Å². The lowest BCUT2D eigenvalue weighted by Crippen LogP contribution is -2.56. The number of carbonyl (C=O) groups is 5. The number of benzene rings is 1. The molecule has 3 unspecified atom stereocenters. The topological polar surface area (TPSA) is 151 Å². The third kappa shape index (κ3) is 5.59. The first kappa shape index (κ1) is 22.3. The van der Waals surface area contributed by atoms with E-state index in [9.17, 15) is 24.0 Å². The van der Waals surface area contributed by atoms with Crippen molar-refractivity contribution in [3.8, 4) is 0 Å². The van der Waals surface area contributed by atoms with Gasteiger partial charge in [0, 0.05) is 18.7 Å². The zero-order chi connectivity index (χ0) is 22.5. The number of nitrogens with zero attached hydrogens (tertiary/aromatic N) is 1. The number of hydrogen-bond donors (Lipinski definition) is 4. The molecule has 5 amide bonds. The lowest BCUT2D eigenvalue weighted by molar-refractivity contribution is -0.141. The van der Waals surface area contributed by atoms with Gasteiger partial charge >= 0.3 is 0 Å². The van der Waals surface area contributed by atoms with E-state index in [1.807, 2.05) is 25.1 Å². The quantitative estimate of drug-likeness (QED) is 0.463. The van der Waals surface area contributed by atoms with Gasteiger partial charge in [-0.2, -0.15) is 0 Å². The van der Waals surface area contributed by atoms with Crippen LogP contribution in [0.25, 0.3) is 0 Å². The number of likely N-dealkylation sites (tertiary alicyclic amines) is 1. The summed E-state index contributed by atoms with van der Waals surface area (Å²) in [5.74, 6) is -2.42. The number of nitrogens with two attached hydrogens (primary N) is 1. The molecule has 10 nitrogen and oxygen atoms in total. The molecule has 2 aliphatic rings. The maximum absolute atomic E-state index is 13.2. The third-order valence-corrected chi connectivity index (χ3v) is 5.46. The molecule has 0 bridgehead atoms. The van der Waals surface area contributed by atoms with Gasteiger partial charge in [-0.05, 0) is 43.9 Å². The van der Waals surface area contributed by atoms with Gasteiger partial charge in [-0.1, -0.05) is 12.1 Å². The van der Waals surface area contributed by atoms with Gasteiger partial charge in [-0.25, -0.2) is 0 Å². The fourth-order valence-corrected chi connectivity index (χ4v) is 3.94. The van der Waals surface area contributed by atoms with Crippen molar-refractivity contribution in [1.29, 1.82) is 0 Å². The molecule has 2 saturated heterocycles. The number of aryl methyl sites for hydroxylation is 1. The Morgan fingerprint density at radius 2 is 2.00 bits per heavy atom. The van der Waals surface area contributed by atoms with Crippen LogP contribution in [-0.4, -0.2) is 59.1 Å². The molecular weight excluding hydrogens is 402 g/mol. The molecule has 2 aliphatic heterocycles. The molecule has 3 atom stereocenters. The lowest BCUT2D eigenvalue weighted by Gasteiger charge is -2.29. The molecule has 2 fully saturated rings. The first-order chi connectivity index (χ1) is 14.7. The van der Waals surface area contributed by atoms with E-state index in [-0.39, 0.29) is 18.2 Å². The van der Waals surface area contributed by atoms with Gasteiger partial charge < -0.3 is 26.6 Å². The Bertz CT molecular complexity index is 902. The normalized spacial score (nSPS) is 21.3. The Kier molecular flexibility index (Phi) is 6.88. The SMILES string of the molecule is Cc1cccc(NC(=O)C2CCCN2C(=O)C(CC(N)=O)NC(=O)C2CCC(=O)N2)c1. The highest BCUT2D eigenvalue weighted by molar-refractivity contribution is 6.00. The van der Waals surface area contributed by atoms with Crippen LogP contribution >= 0.6 is 0 Å². The number of primary amides is 1. The van der Waals surface area contributed by atoms with Gasteiger partial charge in [0.05, 0.1) is 6.42 Å². The predicted octanol–water partition coefficient (Wildman–Crippen LogP) is -0.437. The molecule has 166 valence electrons. The molecule has 0 aromatic heterocycles. The summed E-state index contributed by atoms with van der Waals surface area (Å²) in [6, 6.07) is 4.65. The van der Waals surface area contributed by atoms with Crippen molar-refractivity contribution in [3.63, 3.8) is 0 Å². The van der Waals surface area contributed by atoms with Crippen molar-refractivity contribution in [2.45, 2.75) is 57.2 Å². The molecule has 31 heavy (non-hydrogen) atoms. The van der Waals surface area contributed by atoms with Crippen molar-refractivity contribution in [2.24, 2.45) is 5.73 Å². The predicted molar refractivity (Wildman–Crippen MR) is 111 cm³/mol. The molecule has 2 heterocycles. The van der Waals surface area contributed by atoms with Gasteiger partial charge in [0.2, 0.25) is 29.5 Å². The maximum atomic E-state index is 13.2. The van der Waals surface area contributed by atoms with E-state index in [4.69, 9.17) is 5.73 Å². The molecule has 3 rings (SSSR count). The highest BCUT2D eigenvalue weighted by Gasteiger charge is 2.39. The Balaban J connectivity index is 1.69. The number of rotatable bonds is 7. The minimum Gasteiger partial charge on any atom is -0.370 e. The second-order valence-corrected chi connectivity index (χ2v) is 7.94. The van der Waals surface area contributed by atoms with Gasteiger partial charge in [0.25, 0.3) is 0 Å². The molecule has 10 heteroatoms. The summed E-state index contributed by atoms with van der Waals surface area (Å²) < 4.78 is 0. The Labute approximate surface area is 179 Å². The van der Waals surface area contributed by atoms with Crippen molar-refractivity contribution in [3.05, 3.63) is 29.8 Å². The maximum Gasteiger partial charge on any atom is 0.247 e. The van der Waals surface area contributed by atoms with Gasteiger partial charge in [-0.15, -0.1) is 0 Å². The van der Waals surface area contributed by atoms with Crippen molar-refractivity contribution < 1.29 is 24.0 Å². The van der Waals surface area contributed by atoms with E-state index in [0.29, 0.717) is 31.5 Å². The number of amides is 5. The van der Waals surface area contributed by atoms with Crippen molar-refractivity contribution >= 4 is 35.2 Å². The second-order valence-electron chi connectivity index (χ2n) is 7.94. The molecule has 0 radical (unpaired) electrons. The first-order valence-electron chi connectivity index (χ1n) is 10.3. The van der Waals surface area contributed by atoms with Crippen LogP contribution in [0.1, 0.15) is 37.7 Å². The van der Waals surface area contributed by atoms with Crippen LogP contribution in [0.15, 0.2) is 24.3 Å². The van der Waals surface area contributed by atoms with Crippen LogP contribution in [0.3, 0.4) is 0 Å². The summed E-state index contributed by atoms with van der Waals surface area (Å²) in [4.78, 5) is 62.7. The van der Waals surface area contributed by atoms with Crippen LogP contribution in [0.4, 0.5) is 5.69 Å². The largest absolute Gasteiger partial charge is 0.370 e. The average Bonchev–Trinajstić information content (AvgIpc) is 3.35. The Morgan fingerprint density at radius 3 is 2.65 bits per heavy atom. The van der Waals surface area contributed by atoms with E-state index >= 15 is 0 Å². The monoisotopic (exact) mass is 429 g/mol. The van der Waals surface area contributed by atoms with Crippen LogP contribution in [0.2, 0.25) is 0 Å². The molecule has 5 N–H and O–H groups in total. The van der Waals surface area contributed by atoms with E-state index in [1.165, 1.54) is 4.90 Å². The van der Waals surface area contributed by atoms with Crippen molar-refractivity contribution in [1.82, 2.24) is 15.5 Å². The van der Waals surface area contributed by atoms with Crippen molar-refractivity contribution in [2.75, 3.05) is 11.9 Å². The van der Waals surface area contributed by atoms with E-state index in [1.54, 1.807) is 6.07 Å². The fraction of sp³-hybridized carbons (Fsp3) is 0.476. The average molecular weight is 429 g/mol. The van der Waals surface area contributed by atoms with Gasteiger partial charge in [0.15, 0.2) is 0 Å².